The first kappa shape index (κ1) is 19.4. The maximum Gasteiger partial charge on any atom is 0.254 e. The molecule has 2 aromatic heterocycles. The molecule has 27 heavy (non-hydrogen) atoms. The number of likely N-dealkylation sites (N-methyl/N-ethyl adjacent to an activating group) is 1. The Kier molecular flexibility index (Phi) is 6.18. The van der Waals surface area contributed by atoms with E-state index in [-0.39, 0.29) is 11.1 Å². The molecule has 0 fully saturated rings. The van der Waals surface area contributed by atoms with Crippen molar-refractivity contribution >= 4 is 0 Å². The lowest BCUT2D eigenvalue weighted by molar-refractivity contribution is 0.305. The highest BCUT2D eigenvalue weighted by atomic mass is 16.1. The van der Waals surface area contributed by atoms with Crippen molar-refractivity contribution in [2.24, 2.45) is 0 Å². The first-order chi connectivity index (χ1) is 13.0. The Morgan fingerprint density at radius 3 is 2.15 bits per heavy atom. The first-order valence-electron chi connectivity index (χ1n) is 9.62. The molecule has 0 unspecified atom stereocenters. The molecule has 4 rings (SSSR count). The second-order valence-corrected chi connectivity index (χ2v) is 7.00. The number of nitrogens with zero attached hydrogens (tertiary/aromatic N) is 3. The van der Waals surface area contributed by atoms with Gasteiger partial charge in [-0.05, 0) is 26.4 Å². The van der Waals surface area contributed by atoms with Crippen molar-refractivity contribution in [2.75, 3.05) is 20.1 Å². The zero-order valence-corrected chi connectivity index (χ0v) is 16.3. The van der Waals surface area contributed by atoms with Crippen LogP contribution >= 0.6 is 0 Å². The monoisotopic (exact) mass is 372 g/mol. The third-order valence-electron chi connectivity index (χ3n) is 4.98. The van der Waals surface area contributed by atoms with Gasteiger partial charge in [0.05, 0.1) is 11.4 Å². The molecule has 0 saturated heterocycles. The highest BCUT2D eigenvalue weighted by Crippen LogP contribution is 2.11. The number of hydrogen-bond acceptors (Lipinski definition) is 6. The van der Waals surface area contributed by atoms with Gasteiger partial charge >= 0.3 is 0 Å². The number of hydrogen-bond donors (Lipinski definition) is 3. The summed E-state index contributed by atoms with van der Waals surface area (Å²) in [4.78, 5) is 39.8. The zero-order valence-electron chi connectivity index (χ0n) is 16.3. The van der Waals surface area contributed by atoms with E-state index >= 15 is 0 Å². The van der Waals surface area contributed by atoms with Crippen LogP contribution in [-0.4, -0.2) is 45.0 Å². The Hall–Kier alpha value is -2.32. The lowest BCUT2D eigenvalue weighted by Crippen LogP contribution is -2.33. The van der Waals surface area contributed by atoms with E-state index in [0.717, 1.165) is 86.0 Å². The molecule has 0 spiro atoms. The molecule has 2 aromatic rings. The van der Waals surface area contributed by atoms with Crippen molar-refractivity contribution in [3.8, 4) is 0 Å². The highest BCUT2D eigenvalue weighted by Gasteiger charge is 2.18. The molecule has 0 amide bonds. The zero-order chi connectivity index (χ0) is 19.4. The maximum absolute atomic E-state index is 11.6. The van der Waals surface area contributed by atoms with E-state index < -0.39 is 0 Å². The smallest absolute Gasteiger partial charge is 0.254 e. The summed E-state index contributed by atoms with van der Waals surface area (Å²) < 4.78 is 0. The van der Waals surface area contributed by atoms with Crippen LogP contribution < -0.4 is 16.4 Å². The number of aromatic amines is 2. The van der Waals surface area contributed by atoms with Gasteiger partial charge in [0.2, 0.25) is 0 Å². The van der Waals surface area contributed by atoms with Crippen molar-refractivity contribution < 1.29 is 0 Å². The van der Waals surface area contributed by atoms with Crippen LogP contribution in [0.2, 0.25) is 0 Å². The van der Waals surface area contributed by atoms with Crippen molar-refractivity contribution in [3.05, 3.63) is 54.9 Å². The largest absolute Gasteiger partial charge is 0.311 e. The molecule has 0 bridgehead atoms. The molecule has 2 aliphatic rings. The fourth-order valence-corrected chi connectivity index (χ4v) is 3.38. The Morgan fingerprint density at radius 2 is 1.52 bits per heavy atom. The minimum absolute atomic E-state index is 0.0448. The highest BCUT2D eigenvalue weighted by molar-refractivity contribution is 5.21. The van der Waals surface area contributed by atoms with E-state index in [1.807, 2.05) is 13.8 Å². The van der Waals surface area contributed by atoms with Crippen LogP contribution in [0.15, 0.2) is 9.59 Å². The van der Waals surface area contributed by atoms with Gasteiger partial charge in [-0.25, -0.2) is 9.97 Å². The van der Waals surface area contributed by atoms with Crippen LogP contribution in [-0.2, 0) is 38.8 Å². The van der Waals surface area contributed by atoms with Crippen LogP contribution in [0.5, 0.6) is 0 Å². The topological polar surface area (TPSA) is 107 Å². The molecule has 8 heteroatoms. The standard InChI is InChI=1S/C10H15N3O.C9H13N3O/c1-3-9-11-8-6-13(2)5-4-7(8)10(14)12-9;1-2-8-11-7-5-10-4-3-6(7)9(13)12-8/h3-6H2,1-2H3,(H,11,12,14);10H,2-5H2,1H3,(H,11,12,13). The minimum atomic E-state index is 0.0448. The second-order valence-electron chi connectivity index (χ2n) is 7.00. The first-order valence-corrected chi connectivity index (χ1v) is 9.62. The molecule has 0 atom stereocenters. The van der Waals surface area contributed by atoms with Crippen LogP contribution in [0.4, 0.5) is 0 Å². The van der Waals surface area contributed by atoms with Crippen LogP contribution in [0, 0.1) is 0 Å². The summed E-state index contributed by atoms with van der Waals surface area (Å²) in [7, 11) is 2.05. The molecule has 3 N–H and O–H groups in total. The molecule has 8 nitrogen and oxygen atoms in total. The fraction of sp³-hybridized carbons (Fsp3) is 0.579. The molecule has 146 valence electrons. The summed E-state index contributed by atoms with van der Waals surface area (Å²) >= 11 is 0. The van der Waals surface area contributed by atoms with E-state index in [1.165, 1.54) is 0 Å². The molecule has 0 radical (unpaired) electrons. The van der Waals surface area contributed by atoms with Crippen LogP contribution in [0.25, 0.3) is 0 Å². The molecule has 0 aliphatic carbocycles. The normalized spacial score (nSPS) is 16.1. The van der Waals surface area contributed by atoms with Gasteiger partial charge < -0.3 is 20.2 Å². The van der Waals surface area contributed by atoms with Crippen LogP contribution in [0.3, 0.4) is 0 Å². The average molecular weight is 372 g/mol. The van der Waals surface area contributed by atoms with Crippen molar-refractivity contribution in [1.82, 2.24) is 30.2 Å². The summed E-state index contributed by atoms with van der Waals surface area (Å²) in [6, 6.07) is 0. The Bertz CT molecular complexity index is 917. The van der Waals surface area contributed by atoms with Gasteiger partial charge in [-0.3, -0.25) is 9.59 Å². The van der Waals surface area contributed by atoms with Gasteiger partial charge in [0.1, 0.15) is 11.6 Å². The number of aromatic nitrogens is 4. The average Bonchev–Trinajstić information content (AvgIpc) is 2.68. The molecule has 2 aliphatic heterocycles. The van der Waals surface area contributed by atoms with Gasteiger partial charge in [0.25, 0.3) is 11.1 Å². The third kappa shape index (κ3) is 4.51. The Morgan fingerprint density at radius 1 is 0.926 bits per heavy atom. The Labute approximate surface area is 158 Å². The molecule has 0 aromatic carbocycles. The summed E-state index contributed by atoms with van der Waals surface area (Å²) in [6.07, 6.45) is 3.18. The SMILES string of the molecule is CCc1nc2c(c(=O)[nH]1)CCN(C)C2.CCc1nc2c(c(=O)[nH]1)CCNC2. The fourth-order valence-electron chi connectivity index (χ4n) is 3.38. The number of rotatable bonds is 2. The predicted octanol–water partition coefficient (Wildman–Crippen LogP) is 0.298. The third-order valence-corrected chi connectivity index (χ3v) is 4.98. The van der Waals surface area contributed by atoms with Gasteiger partial charge in [-0.15, -0.1) is 0 Å². The van der Waals surface area contributed by atoms with Crippen molar-refractivity contribution in [1.29, 1.82) is 0 Å². The van der Waals surface area contributed by atoms with E-state index in [4.69, 9.17) is 0 Å². The van der Waals surface area contributed by atoms with Gasteiger partial charge in [-0.2, -0.15) is 0 Å². The number of fused-ring (bicyclic) bond motifs is 2. The van der Waals surface area contributed by atoms with Gasteiger partial charge in [-0.1, -0.05) is 13.8 Å². The lowest BCUT2D eigenvalue weighted by Gasteiger charge is -2.23. The minimum Gasteiger partial charge on any atom is -0.311 e. The van der Waals surface area contributed by atoms with Crippen LogP contribution in [0.1, 0.15) is 48.0 Å². The van der Waals surface area contributed by atoms with Crippen molar-refractivity contribution in [2.45, 2.75) is 52.6 Å². The van der Waals surface area contributed by atoms with E-state index in [9.17, 15) is 9.59 Å². The molecule has 0 saturated carbocycles. The summed E-state index contributed by atoms with van der Waals surface area (Å²) in [5.41, 5.74) is 3.71. The number of H-pyrrole nitrogens is 2. The summed E-state index contributed by atoms with van der Waals surface area (Å²) in [5, 5.41) is 3.20. The molecule has 4 heterocycles. The predicted molar refractivity (Wildman–Crippen MR) is 104 cm³/mol. The summed E-state index contributed by atoms with van der Waals surface area (Å²) in [5.74, 6) is 1.58. The van der Waals surface area contributed by atoms with Crippen molar-refractivity contribution in [3.63, 3.8) is 0 Å². The maximum atomic E-state index is 11.6. The number of nitrogens with one attached hydrogen (secondary N) is 3. The molecular formula is C19H28N6O2. The van der Waals surface area contributed by atoms with Gasteiger partial charge in [0, 0.05) is 43.6 Å². The van der Waals surface area contributed by atoms with E-state index in [2.05, 4.69) is 37.2 Å². The quantitative estimate of drug-likeness (QED) is 0.700. The summed E-state index contributed by atoms with van der Waals surface area (Å²) in [6.45, 7) is 7.34. The second kappa shape index (κ2) is 8.58. The van der Waals surface area contributed by atoms with E-state index in [1.54, 1.807) is 0 Å². The number of aryl methyl sites for hydroxylation is 2. The molecular weight excluding hydrogens is 344 g/mol. The lowest BCUT2D eigenvalue weighted by atomic mass is 10.1. The van der Waals surface area contributed by atoms with E-state index in [0.29, 0.717) is 0 Å². The Balaban J connectivity index is 0.000000156. The van der Waals surface area contributed by atoms with Gasteiger partial charge in [0.15, 0.2) is 0 Å².